The van der Waals surface area contributed by atoms with Gasteiger partial charge in [-0.3, -0.25) is 10.1 Å². The number of methoxy groups -OCH3 is 2. The van der Waals surface area contributed by atoms with Crippen molar-refractivity contribution >= 4 is 23.3 Å². The first-order valence-corrected chi connectivity index (χ1v) is 5.38. The average molecular weight is 280 g/mol. The molecule has 1 N–H and O–H groups in total. The first-order valence-electron chi connectivity index (χ1n) is 5.38. The number of rotatable bonds is 5. The number of carbonyl (C=O) groups is 2. The van der Waals surface area contributed by atoms with Crippen LogP contribution in [0.5, 0.6) is 0 Å². The Morgan fingerprint density at radius 3 is 2.45 bits per heavy atom. The number of hydrogen-bond donors (Lipinski definition) is 1. The minimum absolute atomic E-state index is 0.0538. The molecular weight excluding hydrogens is 268 g/mol. The van der Waals surface area contributed by atoms with E-state index >= 15 is 0 Å². The summed E-state index contributed by atoms with van der Waals surface area (Å²) in [7, 11) is 2.26. The number of nitrogens with one attached hydrogen (secondary N) is 1. The molecule has 0 unspecified atom stereocenters. The largest absolute Gasteiger partial charge is 0.466 e. The van der Waals surface area contributed by atoms with Crippen molar-refractivity contribution in [2.75, 3.05) is 19.5 Å². The molecule has 20 heavy (non-hydrogen) atoms. The highest BCUT2D eigenvalue weighted by Gasteiger charge is 2.18. The molecule has 0 spiro atoms. The average Bonchev–Trinajstić information content (AvgIpc) is 2.45. The van der Waals surface area contributed by atoms with Crippen LogP contribution in [0.15, 0.2) is 36.0 Å². The van der Waals surface area contributed by atoms with Crippen molar-refractivity contribution in [2.45, 2.75) is 0 Å². The summed E-state index contributed by atoms with van der Waals surface area (Å²) in [5, 5.41) is 13.3. The first kappa shape index (κ1) is 15.2. The fourth-order valence-corrected chi connectivity index (χ4v) is 1.32. The summed E-state index contributed by atoms with van der Waals surface area (Å²) in [4.78, 5) is 32.9. The highest BCUT2D eigenvalue weighted by molar-refractivity contribution is 5.99. The highest BCUT2D eigenvalue weighted by atomic mass is 16.6. The predicted octanol–water partition coefficient (Wildman–Crippen LogP) is 1.24. The van der Waals surface area contributed by atoms with Gasteiger partial charge in [0.25, 0.3) is 5.69 Å². The van der Waals surface area contributed by atoms with Gasteiger partial charge in [0, 0.05) is 6.07 Å². The van der Waals surface area contributed by atoms with Crippen LogP contribution in [0.3, 0.4) is 0 Å². The summed E-state index contributed by atoms with van der Waals surface area (Å²) >= 11 is 0. The molecular formula is C12H12N2O6. The lowest BCUT2D eigenvalue weighted by Gasteiger charge is -2.09. The number of benzene rings is 1. The molecule has 8 nitrogen and oxygen atoms in total. The van der Waals surface area contributed by atoms with Crippen LogP contribution < -0.4 is 5.32 Å². The molecule has 1 rings (SSSR count). The number of nitro groups is 1. The van der Waals surface area contributed by atoms with Gasteiger partial charge in [-0.15, -0.1) is 0 Å². The van der Waals surface area contributed by atoms with Gasteiger partial charge in [-0.25, -0.2) is 9.59 Å². The van der Waals surface area contributed by atoms with E-state index in [0.29, 0.717) is 0 Å². The fraction of sp³-hybridized carbons (Fsp3) is 0.167. The lowest BCUT2D eigenvalue weighted by molar-refractivity contribution is -0.383. The molecule has 0 amide bonds. The smallest absolute Gasteiger partial charge is 0.354 e. The van der Waals surface area contributed by atoms with Crippen LogP contribution in [0.2, 0.25) is 0 Å². The standard InChI is InChI=1S/C12H12N2O6/c1-19-11(15)7-9(12(16)20-2)13-8-5-3-4-6-10(8)14(17)18/h3-7,13H,1-2H3/b9-7-. The van der Waals surface area contributed by atoms with Crippen LogP contribution in [-0.4, -0.2) is 31.1 Å². The normalized spacial score (nSPS) is 10.6. The van der Waals surface area contributed by atoms with E-state index in [4.69, 9.17) is 0 Å². The van der Waals surface area contributed by atoms with Crippen LogP contribution in [0.4, 0.5) is 11.4 Å². The number of anilines is 1. The third-order valence-corrected chi connectivity index (χ3v) is 2.24. The zero-order valence-electron chi connectivity index (χ0n) is 10.8. The Kier molecular flexibility index (Phi) is 5.21. The van der Waals surface area contributed by atoms with Gasteiger partial charge in [0.2, 0.25) is 0 Å². The zero-order valence-corrected chi connectivity index (χ0v) is 10.8. The molecule has 8 heteroatoms. The van der Waals surface area contributed by atoms with Gasteiger partial charge in [-0.05, 0) is 6.07 Å². The molecule has 1 aromatic rings. The van der Waals surface area contributed by atoms with Crippen LogP contribution in [0, 0.1) is 10.1 Å². The third-order valence-electron chi connectivity index (χ3n) is 2.24. The van der Waals surface area contributed by atoms with Gasteiger partial charge in [0.15, 0.2) is 0 Å². The molecule has 0 bridgehead atoms. The third kappa shape index (κ3) is 3.80. The molecule has 0 saturated carbocycles. The summed E-state index contributed by atoms with van der Waals surface area (Å²) in [6.07, 6.45) is 0.850. The fourth-order valence-electron chi connectivity index (χ4n) is 1.32. The second kappa shape index (κ2) is 6.88. The van der Waals surface area contributed by atoms with Crippen molar-refractivity contribution < 1.29 is 24.0 Å². The molecule has 0 saturated heterocycles. The van der Waals surface area contributed by atoms with Crippen LogP contribution in [0.25, 0.3) is 0 Å². The van der Waals surface area contributed by atoms with E-state index < -0.39 is 16.9 Å². The second-order valence-electron chi connectivity index (χ2n) is 3.47. The predicted molar refractivity (Wildman–Crippen MR) is 68.8 cm³/mol. The first-order chi connectivity index (χ1) is 9.49. The van der Waals surface area contributed by atoms with Crippen LogP contribution in [0.1, 0.15) is 0 Å². The molecule has 0 aliphatic heterocycles. The Morgan fingerprint density at radius 1 is 1.25 bits per heavy atom. The molecule has 0 aliphatic rings. The second-order valence-corrected chi connectivity index (χ2v) is 3.47. The van der Waals surface area contributed by atoms with E-state index in [1.54, 1.807) is 6.07 Å². The molecule has 106 valence electrons. The topological polar surface area (TPSA) is 108 Å². The molecule has 0 atom stereocenters. The summed E-state index contributed by atoms with van der Waals surface area (Å²) in [6.45, 7) is 0. The van der Waals surface area contributed by atoms with Gasteiger partial charge in [-0.1, -0.05) is 12.1 Å². The number of para-hydroxylation sites is 2. The van der Waals surface area contributed by atoms with Crippen molar-refractivity contribution in [1.29, 1.82) is 0 Å². The van der Waals surface area contributed by atoms with Crippen molar-refractivity contribution in [3.8, 4) is 0 Å². The summed E-state index contributed by atoms with van der Waals surface area (Å²) < 4.78 is 8.88. The highest BCUT2D eigenvalue weighted by Crippen LogP contribution is 2.24. The molecule has 0 radical (unpaired) electrons. The quantitative estimate of drug-likeness (QED) is 0.374. The zero-order chi connectivity index (χ0) is 15.1. The number of carbonyl (C=O) groups excluding carboxylic acids is 2. The van der Waals surface area contributed by atoms with Crippen molar-refractivity contribution in [3.05, 3.63) is 46.2 Å². The van der Waals surface area contributed by atoms with E-state index in [0.717, 1.165) is 20.3 Å². The Morgan fingerprint density at radius 2 is 1.90 bits per heavy atom. The number of nitro benzene ring substituents is 1. The summed E-state index contributed by atoms with van der Waals surface area (Å²) in [5.41, 5.74) is -0.459. The van der Waals surface area contributed by atoms with Gasteiger partial charge < -0.3 is 14.8 Å². The van der Waals surface area contributed by atoms with Gasteiger partial charge >= 0.3 is 11.9 Å². The maximum absolute atomic E-state index is 11.5. The molecule has 1 aromatic carbocycles. The Labute approximate surface area is 114 Å². The summed E-state index contributed by atoms with van der Waals surface area (Å²) in [6, 6.07) is 5.68. The Bertz CT molecular complexity index is 567. The van der Waals surface area contributed by atoms with Gasteiger partial charge in [0.05, 0.1) is 25.2 Å². The number of hydrogen-bond acceptors (Lipinski definition) is 7. The number of esters is 2. The van der Waals surface area contributed by atoms with E-state index in [-0.39, 0.29) is 17.1 Å². The van der Waals surface area contributed by atoms with Crippen molar-refractivity contribution in [2.24, 2.45) is 0 Å². The molecule has 0 aromatic heterocycles. The monoisotopic (exact) mass is 280 g/mol. The lowest BCUT2D eigenvalue weighted by atomic mass is 10.2. The van der Waals surface area contributed by atoms with E-state index in [1.165, 1.54) is 18.2 Å². The number of nitrogens with zero attached hydrogens (tertiary/aromatic N) is 1. The number of ether oxygens (including phenoxy) is 2. The van der Waals surface area contributed by atoms with Gasteiger partial charge in [0.1, 0.15) is 11.4 Å². The maximum atomic E-state index is 11.5. The van der Waals surface area contributed by atoms with Crippen LogP contribution >= 0.6 is 0 Å². The Hall–Kier alpha value is -2.90. The maximum Gasteiger partial charge on any atom is 0.354 e. The van der Waals surface area contributed by atoms with E-state index in [2.05, 4.69) is 14.8 Å². The van der Waals surface area contributed by atoms with Crippen molar-refractivity contribution in [1.82, 2.24) is 0 Å². The minimum Gasteiger partial charge on any atom is -0.466 e. The summed E-state index contributed by atoms with van der Waals surface area (Å²) in [5.74, 6) is -1.65. The van der Waals surface area contributed by atoms with Gasteiger partial charge in [-0.2, -0.15) is 0 Å². The van der Waals surface area contributed by atoms with Crippen LogP contribution in [-0.2, 0) is 19.1 Å². The molecule has 0 aliphatic carbocycles. The van der Waals surface area contributed by atoms with Crippen molar-refractivity contribution in [3.63, 3.8) is 0 Å². The van der Waals surface area contributed by atoms with E-state index in [9.17, 15) is 19.7 Å². The Balaban J connectivity index is 3.14. The molecule has 0 heterocycles. The minimum atomic E-state index is -0.853. The molecule has 0 fully saturated rings. The SMILES string of the molecule is COC(=O)/C=C(\Nc1ccccc1[N+](=O)[O-])C(=O)OC. The lowest BCUT2D eigenvalue weighted by Crippen LogP contribution is -2.16. The van der Waals surface area contributed by atoms with E-state index in [1.807, 2.05) is 0 Å².